The zero-order valence-corrected chi connectivity index (χ0v) is 24.8. The topological polar surface area (TPSA) is 155 Å². The number of benzene rings is 1. The van der Waals surface area contributed by atoms with Gasteiger partial charge in [0.25, 0.3) is 0 Å². The molecular weight excluding hydrogens is 554 g/mol. The van der Waals surface area contributed by atoms with Crippen LogP contribution >= 0.6 is 11.9 Å². The number of aryl methyl sites for hydroxylation is 2. The van der Waals surface area contributed by atoms with Crippen molar-refractivity contribution in [3.63, 3.8) is 0 Å². The van der Waals surface area contributed by atoms with E-state index < -0.39 is 32.4 Å². The van der Waals surface area contributed by atoms with Crippen molar-refractivity contribution in [3.8, 4) is 5.75 Å². The summed E-state index contributed by atoms with van der Waals surface area (Å²) in [5, 5.41) is 1.17. The third-order valence-electron chi connectivity index (χ3n) is 6.53. The maximum absolute atomic E-state index is 14.3. The molecule has 1 fully saturated rings. The summed E-state index contributed by atoms with van der Waals surface area (Å²) < 4.78 is 43.1. The first-order valence-corrected chi connectivity index (χ1v) is 15.1. The van der Waals surface area contributed by atoms with Crippen LogP contribution in [0.3, 0.4) is 0 Å². The predicted molar refractivity (Wildman–Crippen MR) is 154 cm³/mol. The Hall–Kier alpha value is -2.88. The van der Waals surface area contributed by atoms with Gasteiger partial charge in [0.1, 0.15) is 34.1 Å². The lowest BCUT2D eigenvalue weighted by atomic mass is 10.0. The molecule has 2 aromatic heterocycles. The number of morpholine rings is 1. The summed E-state index contributed by atoms with van der Waals surface area (Å²) in [6.45, 7) is 3.54. The molecule has 0 saturated carbocycles. The Balaban J connectivity index is 1.86. The molecular formula is C26H35N7O5S2. The molecule has 1 saturated heterocycles. The quantitative estimate of drug-likeness (QED) is 0.201. The maximum atomic E-state index is 14.3. The first kappa shape index (κ1) is 30.1. The van der Waals surface area contributed by atoms with E-state index in [4.69, 9.17) is 20.2 Å². The van der Waals surface area contributed by atoms with Crippen molar-refractivity contribution in [2.75, 3.05) is 40.9 Å². The van der Waals surface area contributed by atoms with Gasteiger partial charge in [-0.15, -0.1) is 0 Å². The molecule has 12 nitrogen and oxygen atoms in total. The fourth-order valence-corrected chi connectivity index (χ4v) is 6.46. The van der Waals surface area contributed by atoms with Crippen LogP contribution in [0.4, 0.5) is 0 Å². The van der Waals surface area contributed by atoms with Gasteiger partial charge in [0, 0.05) is 38.5 Å². The SMILES string of the molecule is CCc1nc2c(C3CNCCO3)nc(S(=O)(=O)C(C=CC(=O)SN(C)C)C(N)c3ccc(OC)cc3)nc2n1C. The standard InChI is InChI=1S/C26H35N7O5S2/c1-6-20-29-24-23(18-15-28-13-14-38-18)30-26(31-25(24)33(20)4)40(35,36)19(11-12-21(34)39-32(2)3)22(27)16-7-9-17(37-5)10-8-16/h7-12,18-19,22,28H,6,13-15,27H2,1-5H3. The number of fused-ring (bicyclic) bond motifs is 1. The van der Waals surface area contributed by atoms with Crippen molar-refractivity contribution in [1.29, 1.82) is 0 Å². The Labute approximate surface area is 238 Å². The molecule has 40 heavy (non-hydrogen) atoms. The highest BCUT2D eigenvalue weighted by atomic mass is 32.2. The molecule has 0 bridgehead atoms. The van der Waals surface area contributed by atoms with Gasteiger partial charge in [-0.3, -0.25) is 4.79 Å². The van der Waals surface area contributed by atoms with Gasteiger partial charge in [0.05, 0.1) is 19.8 Å². The number of carbonyl (C=O) groups excluding carboxylic acids is 1. The van der Waals surface area contributed by atoms with E-state index in [1.54, 1.807) is 54.3 Å². The Morgan fingerprint density at radius 1 is 1.30 bits per heavy atom. The number of carbonyl (C=O) groups is 1. The monoisotopic (exact) mass is 589 g/mol. The van der Waals surface area contributed by atoms with Crippen molar-refractivity contribution in [2.24, 2.45) is 12.8 Å². The summed E-state index contributed by atoms with van der Waals surface area (Å²) in [6, 6.07) is 5.76. The Bertz CT molecular complexity index is 1480. The first-order valence-electron chi connectivity index (χ1n) is 12.8. The minimum Gasteiger partial charge on any atom is -0.497 e. The lowest BCUT2D eigenvalue weighted by molar-refractivity contribution is -0.107. The molecule has 3 N–H and O–H groups in total. The zero-order valence-electron chi connectivity index (χ0n) is 23.2. The van der Waals surface area contributed by atoms with E-state index in [1.165, 1.54) is 19.3 Å². The summed E-state index contributed by atoms with van der Waals surface area (Å²) in [7, 11) is 2.46. The molecule has 3 unspecified atom stereocenters. The third-order valence-corrected chi connectivity index (χ3v) is 9.07. The predicted octanol–water partition coefficient (Wildman–Crippen LogP) is 1.73. The van der Waals surface area contributed by atoms with Crippen LogP contribution in [-0.4, -0.2) is 83.5 Å². The summed E-state index contributed by atoms with van der Waals surface area (Å²) in [5.74, 6) is 1.34. The van der Waals surface area contributed by atoms with Crippen molar-refractivity contribution < 1.29 is 22.7 Å². The van der Waals surface area contributed by atoms with Gasteiger partial charge in [0.2, 0.25) is 20.1 Å². The Morgan fingerprint density at radius 2 is 2.02 bits per heavy atom. The highest BCUT2D eigenvalue weighted by Crippen LogP contribution is 2.31. The number of nitrogens with one attached hydrogen (secondary N) is 1. The molecule has 0 aliphatic carbocycles. The highest BCUT2D eigenvalue weighted by Gasteiger charge is 2.36. The molecule has 3 heterocycles. The first-order chi connectivity index (χ1) is 19.1. The highest BCUT2D eigenvalue weighted by molar-refractivity contribution is 8.12. The molecule has 3 aromatic rings. The van der Waals surface area contributed by atoms with Crippen LogP contribution in [0.25, 0.3) is 11.2 Å². The number of hydrogen-bond donors (Lipinski definition) is 2. The van der Waals surface area contributed by atoms with Crippen LogP contribution in [0.2, 0.25) is 0 Å². The second-order valence-electron chi connectivity index (χ2n) is 9.46. The van der Waals surface area contributed by atoms with E-state index >= 15 is 0 Å². The van der Waals surface area contributed by atoms with Crippen LogP contribution in [0.15, 0.2) is 41.6 Å². The van der Waals surface area contributed by atoms with Crippen LogP contribution in [0.5, 0.6) is 5.75 Å². The molecule has 0 radical (unpaired) electrons. The minimum absolute atomic E-state index is 0.343. The van der Waals surface area contributed by atoms with E-state index in [1.807, 2.05) is 6.92 Å². The number of nitrogens with zero attached hydrogens (tertiary/aromatic N) is 5. The summed E-state index contributed by atoms with van der Waals surface area (Å²) in [4.78, 5) is 26.2. The van der Waals surface area contributed by atoms with Gasteiger partial charge in [0.15, 0.2) is 5.65 Å². The molecule has 4 rings (SSSR count). The second kappa shape index (κ2) is 12.7. The molecule has 1 aliphatic heterocycles. The molecule has 1 aliphatic rings. The molecule has 0 spiro atoms. The average Bonchev–Trinajstić information content (AvgIpc) is 3.27. The molecule has 14 heteroatoms. The largest absolute Gasteiger partial charge is 0.497 e. The van der Waals surface area contributed by atoms with E-state index in [-0.39, 0.29) is 5.12 Å². The average molecular weight is 590 g/mol. The maximum Gasteiger partial charge on any atom is 0.250 e. The number of nitrogens with two attached hydrogens (primary N) is 1. The van der Waals surface area contributed by atoms with Crippen molar-refractivity contribution in [3.05, 3.63) is 53.5 Å². The van der Waals surface area contributed by atoms with Crippen molar-refractivity contribution in [2.45, 2.75) is 35.9 Å². The van der Waals surface area contributed by atoms with Gasteiger partial charge < -0.3 is 25.1 Å². The summed E-state index contributed by atoms with van der Waals surface area (Å²) >= 11 is 0.935. The van der Waals surface area contributed by atoms with Crippen molar-refractivity contribution in [1.82, 2.24) is 29.1 Å². The summed E-state index contributed by atoms with van der Waals surface area (Å²) in [5.41, 5.74) is 8.40. The number of imidazole rings is 1. The lowest BCUT2D eigenvalue weighted by Crippen LogP contribution is -2.35. The molecule has 216 valence electrons. The van der Waals surface area contributed by atoms with E-state index in [9.17, 15) is 13.2 Å². The Kier molecular flexibility index (Phi) is 9.59. The third kappa shape index (κ3) is 6.37. The normalized spacial score (nSPS) is 17.9. The van der Waals surface area contributed by atoms with Gasteiger partial charge in [-0.1, -0.05) is 25.1 Å². The van der Waals surface area contributed by atoms with E-state index in [0.29, 0.717) is 54.3 Å². The minimum atomic E-state index is -4.31. The molecule has 3 atom stereocenters. The Morgan fingerprint density at radius 3 is 2.62 bits per heavy atom. The van der Waals surface area contributed by atoms with E-state index in [0.717, 1.165) is 17.8 Å². The van der Waals surface area contributed by atoms with Gasteiger partial charge in [-0.25, -0.2) is 22.7 Å². The fourth-order valence-electron chi connectivity index (χ4n) is 4.45. The molecule has 1 aromatic carbocycles. The zero-order chi connectivity index (χ0) is 29.0. The number of hydrogen-bond acceptors (Lipinski definition) is 12. The lowest BCUT2D eigenvalue weighted by Gasteiger charge is -2.24. The number of ether oxygens (including phenoxy) is 2. The number of rotatable bonds is 10. The van der Waals surface area contributed by atoms with Gasteiger partial charge >= 0.3 is 0 Å². The van der Waals surface area contributed by atoms with Crippen LogP contribution in [0, 0.1) is 0 Å². The van der Waals surface area contributed by atoms with Gasteiger partial charge in [-0.05, 0) is 37.9 Å². The van der Waals surface area contributed by atoms with Crippen LogP contribution in [-0.2, 0) is 32.8 Å². The van der Waals surface area contributed by atoms with Gasteiger partial charge in [-0.2, -0.15) is 4.98 Å². The van der Waals surface area contributed by atoms with E-state index in [2.05, 4.69) is 15.3 Å². The van der Waals surface area contributed by atoms with Crippen LogP contribution < -0.4 is 15.8 Å². The fraction of sp³-hybridized carbons (Fsp3) is 0.462. The van der Waals surface area contributed by atoms with Crippen molar-refractivity contribution >= 4 is 38.1 Å². The number of methoxy groups -OCH3 is 1. The molecule has 0 amide bonds. The van der Waals surface area contributed by atoms with Crippen LogP contribution in [0.1, 0.15) is 36.2 Å². The number of sulfone groups is 1. The smallest absolute Gasteiger partial charge is 0.250 e. The summed E-state index contributed by atoms with van der Waals surface area (Å²) in [6.07, 6.45) is 2.66. The second-order valence-corrected chi connectivity index (χ2v) is 12.8. The number of aromatic nitrogens is 4.